The Bertz CT molecular complexity index is 1340. The number of ether oxygens (including phenoxy) is 1. The van der Waals surface area contributed by atoms with Gasteiger partial charge in [0.2, 0.25) is 10.0 Å². The molecule has 1 atom stereocenters. The minimum Gasteiger partial charge on any atom is -0.449 e. The highest BCUT2D eigenvalue weighted by molar-refractivity contribution is 7.89. The molecular weight excluding hydrogens is 476 g/mol. The zero-order chi connectivity index (χ0) is 24.3. The zero-order valence-electron chi connectivity index (χ0n) is 18.4. The lowest BCUT2D eigenvalue weighted by atomic mass is 10.0. The van der Waals surface area contributed by atoms with Crippen molar-refractivity contribution < 1.29 is 22.7 Å². The lowest BCUT2D eigenvalue weighted by Gasteiger charge is -2.28. The van der Waals surface area contributed by atoms with Crippen molar-refractivity contribution in [3.05, 3.63) is 94.5 Å². The maximum absolute atomic E-state index is 13.2. The molecule has 3 aromatic carbocycles. The third kappa shape index (κ3) is 5.14. The zero-order valence-corrected chi connectivity index (χ0v) is 20.0. The Morgan fingerprint density at radius 1 is 1.00 bits per heavy atom. The number of para-hydroxylation sites is 1. The molecule has 0 saturated carbocycles. The molecule has 0 radical (unpaired) electrons. The fourth-order valence-electron chi connectivity index (χ4n) is 3.69. The molecule has 0 aliphatic carbocycles. The molecule has 1 N–H and O–H groups in total. The van der Waals surface area contributed by atoms with E-state index in [2.05, 4.69) is 5.32 Å². The summed E-state index contributed by atoms with van der Waals surface area (Å²) in [5.74, 6) is -1.36. The van der Waals surface area contributed by atoms with Crippen molar-refractivity contribution in [1.29, 1.82) is 0 Å². The summed E-state index contributed by atoms with van der Waals surface area (Å²) >= 11 is 6.04. The van der Waals surface area contributed by atoms with Gasteiger partial charge in [0.15, 0.2) is 6.10 Å². The highest BCUT2D eigenvalue weighted by Crippen LogP contribution is 2.26. The van der Waals surface area contributed by atoms with E-state index >= 15 is 0 Å². The van der Waals surface area contributed by atoms with Gasteiger partial charge in [-0.15, -0.1) is 0 Å². The van der Waals surface area contributed by atoms with Crippen LogP contribution >= 0.6 is 11.6 Å². The minimum atomic E-state index is -3.82. The quantitative estimate of drug-likeness (QED) is 0.512. The summed E-state index contributed by atoms with van der Waals surface area (Å²) in [7, 11) is -3.82. The normalized spacial score (nSPS) is 14.6. The van der Waals surface area contributed by atoms with E-state index in [1.54, 1.807) is 24.3 Å². The molecule has 176 valence electrons. The first-order valence-electron chi connectivity index (χ1n) is 10.7. The summed E-state index contributed by atoms with van der Waals surface area (Å²) in [6.07, 6.45) is -0.502. The van der Waals surface area contributed by atoms with Gasteiger partial charge in [-0.1, -0.05) is 54.1 Å². The van der Waals surface area contributed by atoms with Crippen LogP contribution in [0.2, 0.25) is 5.02 Å². The lowest BCUT2D eigenvalue weighted by Crippen LogP contribution is -2.36. The van der Waals surface area contributed by atoms with E-state index in [-0.39, 0.29) is 17.0 Å². The molecule has 1 unspecified atom stereocenters. The number of nitrogens with zero attached hydrogens (tertiary/aromatic N) is 1. The number of carbonyl (C=O) groups is 2. The SMILES string of the molecule is CC(OC(=O)c1cccc(S(=O)(=O)N2CCc3ccccc3C2)c1)C(=O)Nc1ccccc1Cl. The van der Waals surface area contributed by atoms with Crippen molar-refractivity contribution in [2.75, 3.05) is 11.9 Å². The summed E-state index contributed by atoms with van der Waals surface area (Å²) in [5.41, 5.74) is 2.53. The van der Waals surface area contributed by atoms with Gasteiger partial charge in [0.05, 0.1) is 21.2 Å². The Hall–Kier alpha value is -3.20. The standard InChI is InChI=1S/C25H23ClN2O5S/c1-17(24(29)27-23-12-5-4-11-22(23)26)33-25(30)19-9-6-10-21(15-19)34(31,32)28-14-13-18-7-2-3-8-20(18)16-28/h2-12,15,17H,13-14,16H2,1H3,(H,27,29). The lowest BCUT2D eigenvalue weighted by molar-refractivity contribution is -0.123. The molecule has 1 aliphatic rings. The van der Waals surface area contributed by atoms with E-state index in [9.17, 15) is 18.0 Å². The number of sulfonamides is 1. The number of hydrogen-bond acceptors (Lipinski definition) is 5. The van der Waals surface area contributed by atoms with Crippen molar-refractivity contribution in [1.82, 2.24) is 4.31 Å². The first kappa shape index (κ1) is 23.9. The molecular formula is C25H23ClN2O5S. The molecule has 3 aromatic rings. The Morgan fingerprint density at radius 2 is 1.71 bits per heavy atom. The summed E-state index contributed by atoms with van der Waals surface area (Å²) in [6.45, 7) is 2.05. The first-order valence-corrected chi connectivity index (χ1v) is 12.5. The van der Waals surface area contributed by atoms with Gasteiger partial charge < -0.3 is 10.1 Å². The molecule has 0 spiro atoms. The van der Waals surface area contributed by atoms with Gasteiger partial charge in [-0.2, -0.15) is 4.31 Å². The molecule has 7 nitrogen and oxygen atoms in total. The molecule has 0 bridgehead atoms. The van der Waals surface area contributed by atoms with Gasteiger partial charge in [-0.3, -0.25) is 4.79 Å². The van der Waals surface area contributed by atoms with Crippen LogP contribution in [0, 0.1) is 0 Å². The van der Waals surface area contributed by atoms with Crippen LogP contribution in [0.3, 0.4) is 0 Å². The second-order valence-electron chi connectivity index (χ2n) is 7.90. The van der Waals surface area contributed by atoms with E-state index in [1.165, 1.54) is 35.5 Å². The van der Waals surface area contributed by atoms with Crippen LogP contribution in [0.5, 0.6) is 0 Å². The number of nitrogens with one attached hydrogen (secondary N) is 1. The number of rotatable bonds is 6. The van der Waals surface area contributed by atoms with Gasteiger partial charge in [-0.25, -0.2) is 13.2 Å². The average Bonchev–Trinajstić information content (AvgIpc) is 2.85. The molecule has 1 aliphatic heterocycles. The molecule has 9 heteroatoms. The van der Waals surface area contributed by atoms with Crippen LogP contribution in [0.25, 0.3) is 0 Å². The molecule has 1 amide bonds. The number of benzene rings is 3. The Balaban J connectivity index is 1.46. The Labute approximate surface area is 203 Å². The number of anilines is 1. The first-order chi connectivity index (χ1) is 16.3. The molecule has 0 aromatic heterocycles. The number of hydrogen-bond donors (Lipinski definition) is 1. The van der Waals surface area contributed by atoms with Gasteiger partial charge >= 0.3 is 5.97 Å². The molecule has 4 rings (SSSR count). The van der Waals surface area contributed by atoms with E-state index in [0.29, 0.717) is 23.7 Å². The summed E-state index contributed by atoms with van der Waals surface area (Å²) < 4.78 is 33.1. The van der Waals surface area contributed by atoms with Crippen molar-refractivity contribution >= 4 is 39.2 Å². The van der Waals surface area contributed by atoms with Crippen molar-refractivity contribution in [3.63, 3.8) is 0 Å². The van der Waals surface area contributed by atoms with E-state index in [1.807, 2.05) is 24.3 Å². The highest BCUT2D eigenvalue weighted by atomic mass is 35.5. The summed E-state index contributed by atoms with van der Waals surface area (Å²) in [6, 6.07) is 20.1. The fraction of sp³-hybridized carbons (Fsp3) is 0.200. The van der Waals surface area contributed by atoms with Gasteiger partial charge in [0.25, 0.3) is 5.91 Å². The van der Waals surface area contributed by atoms with Crippen LogP contribution in [-0.4, -0.2) is 37.2 Å². The largest absolute Gasteiger partial charge is 0.449 e. The molecule has 1 heterocycles. The number of amides is 1. The number of carbonyl (C=O) groups excluding carboxylic acids is 2. The predicted octanol–water partition coefficient (Wildman–Crippen LogP) is 4.27. The third-order valence-electron chi connectivity index (χ3n) is 5.59. The Morgan fingerprint density at radius 3 is 2.47 bits per heavy atom. The number of fused-ring (bicyclic) bond motifs is 1. The number of halogens is 1. The summed E-state index contributed by atoms with van der Waals surface area (Å²) in [4.78, 5) is 25.1. The topological polar surface area (TPSA) is 92.8 Å². The Kier molecular flexibility index (Phi) is 7.02. The monoisotopic (exact) mass is 498 g/mol. The maximum Gasteiger partial charge on any atom is 0.338 e. The van der Waals surface area contributed by atoms with Crippen molar-refractivity contribution in [2.24, 2.45) is 0 Å². The molecule has 0 fully saturated rings. The van der Waals surface area contributed by atoms with Crippen molar-refractivity contribution in [2.45, 2.75) is 30.9 Å². The average molecular weight is 499 g/mol. The van der Waals surface area contributed by atoms with Crippen LogP contribution in [-0.2, 0) is 32.5 Å². The van der Waals surface area contributed by atoms with Crippen LogP contribution < -0.4 is 5.32 Å². The minimum absolute atomic E-state index is 0.00509. The fourth-order valence-corrected chi connectivity index (χ4v) is 5.33. The van der Waals surface area contributed by atoms with Crippen molar-refractivity contribution in [3.8, 4) is 0 Å². The second kappa shape index (κ2) is 9.97. The van der Waals surface area contributed by atoms with Crippen LogP contribution in [0.4, 0.5) is 5.69 Å². The second-order valence-corrected chi connectivity index (χ2v) is 10.2. The molecule has 34 heavy (non-hydrogen) atoms. The van der Waals surface area contributed by atoms with Crippen LogP contribution in [0.15, 0.2) is 77.7 Å². The van der Waals surface area contributed by atoms with E-state index in [0.717, 1.165) is 11.1 Å². The predicted molar refractivity (Wildman–Crippen MR) is 129 cm³/mol. The van der Waals surface area contributed by atoms with Gasteiger partial charge in [0, 0.05) is 13.1 Å². The van der Waals surface area contributed by atoms with E-state index < -0.39 is 28.0 Å². The highest BCUT2D eigenvalue weighted by Gasteiger charge is 2.29. The van der Waals surface area contributed by atoms with Gasteiger partial charge in [0.1, 0.15) is 0 Å². The maximum atomic E-state index is 13.2. The third-order valence-corrected chi connectivity index (χ3v) is 7.76. The smallest absolute Gasteiger partial charge is 0.338 e. The number of esters is 1. The summed E-state index contributed by atoms with van der Waals surface area (Å²) in [5, 5.41) is 2.96. The van der Waals surface area contributed by atoms with E-state index in [4.69, 9.17) is 16.3 Å². The van der Waals surface area contributed by atoms with Crippen LogP contribution in [0.1, 0.15) is 28.4 Å². The van der Waals surface area contributed by atoms with Gasteiger partial charge in [-0.05, 0) is 54.8 Å². The molecule has 0 saturated heterocycles.